The molecule has 0 unspecified atom stereocenters. The molecule has 228 valence electrons. The minimum absolute atomic E-state index is 1.16. The van der Waals surface area contributed by atoms with Gasteiger partial charge >= 0.3 is 0 Å². The molecule has 49 heavy (non-hydrogen) atoms. The maximum Gasteiger partial charge on any atom is 0.0548 e. The minimum Gasteiger partial charge on any atom is -0.309 e. The van der Waals surface area contributed by atoms with E-state index < -0.39 is 0 Å². The van der Waals surface area contributed by atoms with Crippen LogP contribution in [0.3, 0.4) is 0 Å². The van der Waals surface area contributed by atoms with Crippen LogP contribution in [0, 0.1) is 0 Å². The summed E-state index contributed by atoms with van der Waals surface area (Å²) in [4.78, 5) is 0. The number of para-hydroxylation sites is 4. The molecule has 0 N–H and O–H groups in total. The van der Waals surface area contributed by atoms with Gasteiger partial charge < -0.3 is 13.7 Å². The average molecular weight is 624 g/mol. The highest BCUT2D eigenvalue weighted by Gasteiger charge is 2.20. The second-order valence-electron chi connectivity index (χ2n) is 13.0. The molecule has 3 heteroatoms. The molecule has 3 heterocycles. The first-order valence-electron chi connectivity index (χ1n) is 16.9. The Hall–Kier alpha value is -6.58. The summed E-state index contributed by atoms with van der Waals surface area (Å²) < 4.78 is 7.28. The Bertz CT molecular complexity index is 3090. The van der Waals surface area contributed by atoms with E-state index in [1.54, 1.807) is 0 Å². The third-order valence-electron chi connectivity index (χ3n) is 10.4. The Morgan fingerprint density at radius 1 is 0.224 bits per heavy atom. The number of hydrogen-bond acceptors (Lipinski definition) is 0. The van der Waals surface area contributed by atoms with Crippen LogP contribution in [0.4, 0.5) is 0 Å². The van der Waals surface area contributed by atoms with E-state index in [0.717, 1.165) is 5.69 Å². The SMILES string of the molecule is c1ccc(-n2c3ccccc3c3cc(-n4c5ccccc5c5cc6c(cc54)c4cc5ccccc5cc4n6-c4ccccc4)ccc32)cc1. The lowest BCUT2D eigenvalue weighted by Gasteiger charge is -2.11. The normalized spacial score (nSPS) is 12.1. The Morgan fingerprint density at radius 3 is 1.27 bits per heavy atom. The average Bonchev–Trinajstić information content (AvgIpc) is 3.78. The molecular weight excluding hydrogens is 595 g/mol. The largest absolute Gasteiger partial charge is 0.309 e. The third kappa shape index (κ3) is 3.73. The van der Waals surface area contributed by atoms with Crippen LogP contribution >= 0.6 is 0 Å². The summed E-state index contributed by atoms with van der Waals surface area (Å²) in [5.74, 6) is 0. The molecular formula is C46H29N3. The lowest BCUT2D eigenvalue weighted by atomic mass is 10.0. The number of benzene rings is 8. The fourth-order valence-electron chi connectivity index (χ4n) is 8.25. The molecule has 0 radical (unpaired) electrons. The summed E-state index contributed by atoms with van der Waals surface area (Å²) >= 11 is 0. The third-order valence-corrected chi connectivity index (χ3v) is 10.4. The summed E-state index contributed by atoms with van der Waals surface area (Å²) in [6, 6.07) is 64.3. The molecule has 3 aromatic heterocycles. The van der Waals surface area contributed by atoms with E-state index in [2.05, 4.69) is 190 Å². The molecule has 3 nitrogen and oxygen atoms in total. The van der Waals surface area contributed by atoms with Crippen LogP contribution in [0.25, 0.3) is 93.3 Å². The van der Waals surface area contributed by atoms with Crippen molar-refractivity contribution < 1.29 is 0 Å². The Labute approximate surface area is 282 Å². The standard InChI is InChI=1S/C46H29N3/c1-3-15-32(16-4-1)47-41-21-11-9-19-35(41)38-27-34(23-24-43(38)47)49-42-22-12-10-20-36(42)39-28-46-40(29-45(39)49)37-25-30-13-7-8-14-31(30)26-44(37)48(46)33-17-5-2-6-18-33/h1-29H. The molecule has 8 aromatic carbocycles. The minimum atomic E-state index is 1.16. The van der Waals surface area contributed by atoms with E-state index >= 15 is 0 Å². The summed E-state index contributed by atoms with van der Waals surface area (Å²) in [5.41, 5.74) is 10.8. The first-order valence-corrected chi connectivity index (χ1v) is 16.9. The molecule has 0 aliphatic carbocycles. The van der Waals surface area contributed by atoms with Crippen molar-refractivity contribution in [1.82, 2.24) is 13.7 Å². The smallest absolute Gasteiger partial charge is 0.0548 e. The summed E-state index contributed by atoms with van der Waals surface area (Å²) in [6.07, 6.45) is 0. The molecule has 11 aromatic rings. The summed E-state index contributed by atoms with van der Waals surface area (Å²) in [6.45, 7) is 0. The zero-order valence-electron chi connectivity index (χ0n) is 26.6. The van der Waals surface area contributed by atoms with Crippen molar-refractivity contribution >= 4 is 76.2 Å². The van der Waals surface area contributed by atoms with Gasteiger partial charge in [-0.25, -0.2) is 0 Å². The van der Waals surface area contributed by atoms with E-state index in [4.69, 9.17) is 0 Å². The van der Waals surface area contributed by atoms with E-state index in [0.29, 0.717) is 0 Å². The van der Waals surface area contributed by atoms with Gasteiger partial charge in [0.25, 0.3) is 0 Å². The van der Waals surface area contributed by atoms with Crippen molar-refractivity contribution in [3.8, 4) is 17.1 Å². The highest BCUT2D eigenvalue weighted by Crippen LogP contribution is 2.42. The highest BCUT2D eigenvalue weighted by molar-refractivity contribution is 6.21. The zero-order chi connectivity index (χ0) is 32.1. The van der Waals surface area contributed by atoms with Gasteiger partial charge in [-0.05, 0) is 89.6 Å². The van der Waals surface area contributed by atoms with Crippen LogP contribution in [-0.2, 0) is 0 Å². The Balaban J connectivity index is 1.25. The van der Waals surface area contributed by atoms with Crippen molar-refractivity contribution in [1.29, 1.82) is 0 Å². The summed E-state index contributed by atoms with van der Waals surface area (Å²) in [5, 5.41) is 10.0. The highest BCUT2D eigenvalue weighted by atomic mass is 15.0. The van der Waals surface area contributed by atoms with Gasteiger partial charge in [-0.15, -0.1) is 0 Å². The molecule has 0 saturated carbocycles. The van der Waals surface area contributed by atoms with Crippen LogP contribution in [-0.4, -0.2) is 13.7 Å². The lowest BCUT2D eigenvalue weighted by molar-refractivity contribution is 1.16. The number of hydrogen-bond donors (Lipinski definition) is 0. The monoisotopic (exact) mass is 623 g/mol. The van der Waals surface area contributed by atoms with Crippen LogP contribution in [0.15, 0.2) is 176 Å². The Kier molecular flexibility index (Phi) is 5.38. The molecule has 0 aliphatic rings. The number of rotatable bonds is 3. The van der Waals surface area contributed by atoms with Crippen molar-refractivity contribution in [3.63, 3.8) is 0 Å². The van der Waals surface area contributed by atoms with Crippen molar-refractivity contribution in [3.05, 3.63) is 176 Å². The second kappa shape index (κ2) is 9.96. The maximum atomic E-state index is 2.46. The van der Waals surface area contributed by atoms with E-state index in [1.807, 2.05) is 0 Å². The fraction of sp³-hybridized carbons (Fsp3) is 0. The van der Waals surface area contributed by atoms with Gasteiger partial charge in [-0.3, -0.25) is 0 Å². The number of aromatic nitrogens is 3. The molecule has 0 aliphatic heterocycles. The van der Waals surface area contributed by atoms with Crippen molar-refractivity contribution in [2.24, 2.45) is 0 Å². The van der Waals surface area contributed by atoms with Gasteiger partial charge in [0.15, 0.2) is 0 Å². The quantitative estimate of drug-likeness (QED) is 0.186. The predicted molar refractivity (Wildman–Crippen MR) is 207 cm³/mol. The molecule has 0 saturated heterocycles. The van der Waals surface area contributed by atoms with Gasteiger partial charge in [0, 0.05) is 49.4 Å². The first-order chi connectivity index (χ1) is 24.3. The molecule has 0 atom stereocenters. The van der Waals surface area contributed by atoms with E-state index in [-0.39, 0.29) is 0 Å². The van der Waals surface area contributed by atoms with Crippen molar-refractivity contribution in [2.45, 2.75) is 0 Å². The molecule has 0 spiro atoms. The number of fused-ring (bicyclic) bond motifs is 10. The van der Waals surface area contributed by atoms with Gasteiger partial charge in [-0.2, -0.15) is 0 Å². The van der Waals surface area contributed by atoms with Crippen LogP contribution in [0.5, 0.6) is 0 Å². The molecule has 0 amide bonds. The molecule has 0 bridgehead atoms. The molecule has 0 fully saturated rings. The first kappa shape index (κ1) is 26.5. The predicted octanol–water partition coefficient (Wildman–Crippen LogP) is 12.1. The van der Waals surface area contributed by atoms with Gasteiger partial charge in [0.05, 0.1) is 33.1 Å². The van der Waals surface area contributed by atoms with E-state index in [1.165, 1.54) is 87.6 Å². The van der Waals surface area contributed by atoms with Gasteiger partial charge in [0.2, 0.25) is 0 Å². The van der Waals surface area contributed by atoms with Crippen LogP contribution in [0.2, 0.25) is 0 Å². The zero-order valence-corrected chi connectivity index (χ0v) is 26.6. The van der Waals surface area contributed by atoms with Gasteiger partial charge in [-0.1, -0.05) is 97.1 Å². The summed E-state index contributed by atoms with van der Waals surface area (Å²) in [7, 11) is 0. The van der Waals surface area contributed by atoms with Crippen LogP contribution < -0.4 is 0 Å². The van der Waals surface area contributed by atoms with Crippen molar-refractivity contribution in [2.75, 3.05) is 0 Å². The van der Waals surface area contributed by atoms with Gasteiger partial charge in [0.1, 0.15) is 0 Å². The Morgan fingerprint density at radius 2 is 0.633 bits per heavy atom. The molecule has 11 rings (SSSR count). The number of nitrogens with zero attached hydrogens (tertiary/aromatic N) is 3. The second-order valence-corrected chi connectivity index (χ2v) is 13.0. The maximum absolute atomic E-state index is 2.46. The van der Waals surface area contributed by atoms with Crippen LogP contribution in [0.1, 0.15) is 0 Å². The van der Waals surface area contributed by atoms with E-state index in [9.17, 15) is 0 Å². The lowest BCUT2D eigenvalue weighted by Crippen LogP contribution is -1.96. The fourth-order valence-corrected chi connectivity index (χ4v) is 8.25. The topological polar surface area (TPSA) is 14.8 Å².